The predicted octanol–water partition coefficient (Wildman–Crippen LogP) is 0.775. The molecule has 0 spiro atoms. The van der Waals surface area contributed by atoms with Crippen molar-refractivity contribution in [2.24, 2.45) is 0 Å². The van der Waals surface area contributed by atoms with E-state index in [-0.39, 0.29) is 12.5 Å². The Balaban J connectivity index is 2.20. The van der Waals surface area contributed by atoms with Crippen LogP contribution in [0.5, 0.6) is 0 Å². The molecule has 98 valence electrons. The van der Waals surface area contributed by atoms with Crippen molar-refractivity contribution < 1.29 is 14.3 Å². The highest BCUT2D eigenvalue weighted by atomic mass is 16.5. The number of carbonyl (C=O) groups is 2. The summed E-state index contributed by atoms with van der Waals surface area (Å²) in [7, 11) is 1.27. The quantitative estimate of drug-likeness (QED) is 0.823. The first kappa shape index (κ1) is 12.8. The summed E-state index contributed by atoms with van der Waals surface area (Å²) in [6.45, 7) is -0.164. The number of esters is 1. The van der Waals surface area contributed by atoms with Crippen LogP contribution in [0.2, 0.25) is 0 Å². The zero-order chi connectivity index (χ0) is 13.7. The van der Waals surface area contributed by atoms with Gasteiger partial charge in [-0.2, -0.15) is 5.10 Å². The van der Waals surface area contributed by atoms with Gasteiger partial charge in [0.2, 0.25) is 0 Å². The third-order valence-electron chi connectivity index (χ3n) is 2.52. The van der Waals surface area contributed by atoms with Crippen LogP contribution in [0, 0.1) is 0 Å². The molecule has 0 aliphatic carbocycles. The molecule has 0 radical (unpaired) electrons. The van der Waals surface area contributed by atoms with Gasteiger partial charge in [-0.25, -0.2) is 4.68 Å². The van der Waals surface area contributed by atoms with Crippen LogP contribution in [-0.2, 0) is 9.53 Å². The summed E-state index contributed by atoms with van der Waals surface area (Å²) in [4.78, 5) is 23.0. The van der Waals surface area contributed by atoms with E-state index >= 15 is 0 Å². The van der Waals surface area contributed by atoms with Crippen LogP contribution in [0.4, 0.5) is 0 Å². The lowest BCUT2D eigenvalue weighted by Crippen LogP contribution is -2.30. The average molecular weight is 259 g/mol. The number of ether oxygens (including phenoxy) is 1. The minimum Gasteiger partial charge on any atom is -0.468 e. The smallest absolute Gasteiger partial charge is 0.325 e. The van der Waals surface area contributed by atoms with E-state index in [1.165, 1.54) is 7.11 Å². The van der Waals surface area contributed by atoms with E-state index in [4.69, 9.17) is 0 Å². The number of nitrogens with zero attached hydrogens (tertiary/aromatic N) is 2. The van der Waals surface area contributed by atoms with Crippen molar-refractivity contribution in [2.75, 3.05) is 13.7 Å². The Hall–Kier alpha value is -2.63. The molecule has 0 atom stereocenters. The number of benzene rings is 1. The molecule has 6 nitrogen and oxygen atoms in total. The molecule has 0 aliphatic rings. The number of rotatable bonds is 4. The van der Waals surface area contributed by atoms with Gasteiger partial charge in [0.15, 0.2) is 0 Å². The normalized spacial score (nSPS) is 9.95. The fourth-order valence-electron chi connectivity index (χ4n) is 1.60. The number of carbonyl (C=O) groups excluding carboxylic acids is 2. The highest BCUT2D eigenvalue weighted by molar-refractivity contribution is 5.99. The molecule has 19 heavy (non-hydrogen) atoms. The van der Waals surface area contributed by atoms with E-state index in [9.17, 15) is 9.59 Å². The Kier molecular flexibility index (Phi) is 3.92. The Morgan fingerprint density at radius 2 is 2.11 bits per heavy atom. The van der Waals surface area contributed by atoms with E-state index in [0.717, 1.165) is 0 Å². The molecule has 0 saturated carbocycles. The number of hydrogen-bond acceptors (Lipinski definition) is 4. The van der Waals surface area contributed by atoms with Gasteiger partial charge in [-0.1, -0.05) is 12.1 Å². The highest BCUT2D eigenvalue weighted by Crippen LogP contribution is 2.13. The molecule has 2 rings (SSSR count). The first-order valence-electron chi connectivity index (χ1n) is 5.66. The van der Waals surface area contributed by atoms with E-state index in [1.807, 2.05) is 6.07 Å². The van der Waals surface area contributed by atoms with Crippen LogP contribution in [0.1, 0.15) is 10.4 Å². The maximum atomic E-state index is 12.0. The van der Waals surface area contributed by atoms with Crippen molar-refractivity contribution in [1.29, 1.82) is 0 Å². The van der Waals surface area contributed by atoms with E-state index in [1.54, 1.807) is 41.3 Å². The number of aromatic nitrogens is 2. The minimum atomic E-state index is -0.495. The average Bonchev–Trinajstić information content (AvgIpc) is 2.98. The van der Waals surface area contributed by atoms with Crippen LogP contribution in [0.15, 0.2) is 42.7 Å². The second kappa shape index (κ2) is 5.81. The highest BCUT2D eigenvalue weighted by Gasteiger charge is 2.13. The van der Waals surface area contributed by atoms with Gasteiger partial charge in [0.05, 0.1) is 18.4 Å². The van der Waals surface area contributed by atoms with Crippen molar-refractivity contribution in [2.45, 2.75) is 0 Å². The number of amides is 1. The molecular formula is C13H13N3O3. The first-order valence-corrected chi connectivity index (χ1v) is 5.66. The van der Waals surface area contributed by atoms with E-state index < -0.39 is 5.97 Å². The molecule has 0 aliphatic heterocycles. The van der Waals surface area contributed by atoms with Crippen molar-refractivity contribution in [3.05, 3.63) is 48.3 Å². The third-order valence-corrected chi connectivity index (χ3v) is 2.52. The second-order valence-corrected chi connectivity index (χ2v) is 3.73. The lowest BCUT2D eigenvalue weighted by molar-refractivity contribution is -0.139. The SMILES string of the molecule is COC(=O)CNC(=O)c1ccccc1-n1cccn1. The maximum absolute atomic E-state index is 12.0. The van der Waals surface area contributed by atoms with Crippen LogP contribution in [-0.4, -0.2) is 35.3 Å². The largest absolute Gasteiger partial charge is 0.468 e. The second-order valence-electron chi connectivity index (χ2n) is 3.73. The monoisotopic (exact) mass is 259 g/mol. The molecule has 0 saturated heterocycles. The van der Waals surface area contributed by atoms with Crippen molar-refractivity contribution in [1.82, 2.24) is 15.1 Å². The third kappa shape index (κ3) is 2.98. The maximum Gasteiger partial charge on any atom is 0.325 e. The number of methoxy groups -OCH3 is 1. The molecular weight excluding hydrogens is 246 g/mol. The summed E-state index contributed by atoms with van der Waals surface area (Å²) < 4.78 is 6.06. The zero-order valence-electron chi connectivity index (χ0n) is 10.4. The van der Waals surface area contributed by atoms with Gasteiger partial charge >= 0.3 is 5.97 Å². The number of para-hydroxylation sites is 1. The van der Waals surface area contributed by atoms with Gasteiger partial charge in [-0.05, 0) is 18.2 Å². The summed E-state index contributed by atoms with van der Waals surface area (Å²) in [6, 6.07) is 8.78. The molecule has 0 fully saturated rings. The molecule has 2 aromatic rings. The topological polar surface area (TPSA) is 73.2 Å². The zero-order valence-corrected chi connectivity index (χ0v) is 10.4. The van der Waals surface area contributed by atoms with Gasteiger partial charge in [-0.3, -0.25) is 9.59 Å². The molecule has 1 heterocycles. The fraction of sp³-hybridized carbons (Fsp3) is 0.154. The van der Waals surface area contributed by atoms with Crippen LogP contribution in [0.3, 0.4) is 0 Å². The summed E-state index contributed by atoms with van der Waals surface area (Å²) in [5.74, 6) is -0.846. The summed E-state index contributed by atoms with van der Waals surface area (Å²) >= 11 is 0. The molecule has 6 heteroatoms. The standard InChI is InChI=1S/C13H13N3O3/c1-19-12(17)9-14-13(18)10-5-2-3-6-11(10)16-8-4-7-15-16/h2-8H,9H2,1H3,(H,14,18). The molecule has 1 aromatic carbocycles. The molecule has 1 N–H and O–H groups in total. The molecule has 0 bridgehead atoms. The molecule has 1 aromatic heterocycles. The Labute approximate surface area is 110 Å². The van der Waals surface area contributed by atoms with Crippen LogP contribution < -0.4 is 5.32 Å². The fourth-order valence-corrected chi connectivity index (χ4v) is 1.60. The van der Waals surface area contributed by atoms with Crippen molar-refractivity contribution in [3.63, 3.8) is 0 Å². The Bertz CT molecular complexity index is 579. The van der Waals surface area contributed by atoms with Crippen molar-refractivity contribution >= 4 is 11.9 Å². The summed E-state index contributed by atoms with van der Waals surface area (Å²) in [5.41, 5.74) is 1.09. The van der Waals surface area contributed by atoms with Gasteiger partial charge in [0, 0.05) is 12.4 Å². The van der Waals surface area contributed by atoms with Crippen LogP contribution >= 0.6 is 0 Å². The van der Waals surface area contributed by atoms with Gasteiger partial charge in [-0.15, -0.1) is 0 Å². The number of nitrogens with one attached hydrogen (secondary N) is 1. The Morgan fingerprint density at radius 1 is 1.32 bits per heavy atom. The number of hydrogen-bond donors (Lipinski definition) is 1. The lowest BCUT2D eigenvalue weighted by atomic mass is 10.1. The predicted molar refractivity (Wildman–Crippen MR) is 67.9 cm³/mol. The summed E-state index contributed by atoms with van der Waals surface area (Å²) in [6.07, 6.45) is 3.37. The van der Waals surface area contributed by atoms with Crippen LogP contribution in [0.25, 0.3) is 5.69 Å². The summed E-state index contributed by atoms with van der Waals surface area (Å²) in [5, 5.41) is 6.58. The molecule has 0 unspecified atom stereocenters. The molecule has 1 amide bonds. The van der Waals surface area contributed by atoms with Gasteiger partial charge in [0.25, 0.3) is 5.91 Å². The van der Waals surface area contributed by atoms with E-state index in [0.29, 0.717) is 11.3 Å². The van der Waals surface area contributed by atoms with Gasteiger partial charge < -0.3 is 10.1 Å². The first-order chi connectivity index (χ1) is 9.22. The van der Waals surface area contributed by atoms with Crippen molar-refractivity contribution in [3.8, 4) is 5.69 Å². The minimum absolute atomic E-state index is 0.164. The lowest BCUT2D eigenvalue weighted by Gasteiger charge is -2.09. The Morgan fingerprint density at radius 3 is 2.79 bits per heavy atom. The van der Waals surface area contributed by atoms with E-state index in [2.05, 4.69) is 15.2 Å². The van der Waals surface area contributed by atoms with Gasteiger partial charge in [0.1, 0.15) is 6.54 Å².